The van der Waals surface area contributed by atoms with Crippen molar-refractivity contribution in [2.45, 2.75) is 0 Å². The molecule has 0 atom stereocenters. The lowest BCUT2D eigenvalue weighted by molar-refractivity contribution is 0.355. The van der Waals surface area contributed by atoms with E-state index in [1.54, 1.807) is 57.7 Å². The SMILES string of the molecule is COc1ccc2c(=O)c(OC)c(-c3ccc(OC)c(OC)c3)oc2c1. The highest BCUT2D eigenvalue weighted by Crippen LogP contribution is 2.37. The molecule has 0 amide bonds. The van der Waals surface area contributed by atoms with Crippen molar-refractivity contribution in [3.05, 3.63) is 46.6 Å². The van der Waals surface area contributed by atoms with Crippen LogP contribution in [-0.4, -0.2) is 28.4 Å². The molecule has 0 radical (unpaired) electrons. The molecule has 0 saturated heterocycles. The predicted octanol–water partition coefficient (Wildman–Crippen LogP) is 3.49. The first kappa shape index (κ1) is 16.7. The maximum atomic E-state index is 12.7. The van der Waals surface area contributed by atoms with Gasteiger partial charge in [-0.25, -0.2) is 0 Å². The van der Waals surface area contributed by atoms with Crippen molar-refractivity contribution in [1.29, 1.82) is 0 Å². The van der Waals surface area contributed by atoms with E-state index in [-0.39, 0.29) is 11.2 Å². The van der Waals surface area contributed by atoms with Crippen LogP contribution in [0.2, 0.25) is 0 Å². The smallest absolute Gasteiger partial charge is 0.235 e. The molecule has 25 heavy (non-hydrogen) atoms. The van der Waals surface area contributed by atoms with E-state index < -0.39 is 0 Å². The van der Waals surface area contributed by atoms with Gasteiger partial charge in [-0.3, -0.25) is 4.79 Å². The molecule has 130 valence electrons. The fraction of sp³-hybridized carbons (Fsp3) is 0.211. The molecule has 0 saturated carbocycles. The van der Waals surface area contributed by atoms with Crippen molar-refractivity contribution in [3.8, 4) is 34.3 Å². The molecule has 0 aliphatic heterocycles. The van der Waals surface area contributed by atoms with Gasteiger partial charge in [0, 0.05) is 11.6 Å². The Labute approximate surface area is 144 Å². The monoisotopic (exact) mass is 342 g/mol. The van der Waals surface area contributed by atoms with Crippen molar-refractivity contribution in [3.63, 3.8) is 0 Å². The first-order chi connectivity index (χ1) is 12.1. The van der Waals surface area contributed by atoms with E-state index in [0.717, 1.165) is 0 Å². The van der Waals surface area contributed by atoms with Crippen LogP contribution in [0.25, 0.3) is 22.3 Å². The van der Waals surface area contributed by atoms with Crippen molar-refractivity contribution >= 4 is 11.0 Å². The second-order valence-electron chi connectivity index (χ2n) is 5.23. The summed E-state index contributed by atoms with van der Waals surface area (Å²) in [6.45, 7) is 0. The molecule has 0 spiro atoms. The van der Waals surface area contributed by atoms with Crippen LogP contribution < -0.4 is 24.4 Å². The van der Waals surface area contributed by atoms with Crippen LogP contribution in [-0.2, 0) is 0 Å². The van der Waals surface area contributed by atoms with E-state index in [0.29, 0.717) is 39.5 Å². The summed E-state index contributed by atoms with van der Waals surface area (Å²) < 4.78 is 27.0. The van der Waals surface area contributed by atoms with E-state index in [4.69, 9.17) is 23.4 Å². The minimum absolute atomic E-state index is 0.130. The lowest BCUT2D eigenvalue weighted by atomic mass is 10.1. The van der Waals surface area contributed by atoms with Gasteiger partial charge in [0.05, 0.1) is 33.8 Å². The summed E-state index contributed by atoms with van der Waals surface area (Å²) >= 11 is 0. The van der Waals surface area contributed by atoms with Gasteiger partial charge in [0.1, 0.15) is 11.3 Å². The molecule has 3 rings (SSSR count). The molecule has 6 nitrogen and oxygen atoms in total. The number of ether oxygens (including phenoxy) is 4. The highest BCUT2D eigenvalue weighted by atomic mass is 16.5. The normalized spacial score (nSPS) is 10.6. The van der Waals surface area contributed by atoms with E-state index in [2.05, 4.69) is 0 Å². The molecule has 0 unspecified atom stereocenters. The lowest BCUT2D eigenvalue weighted by Crippen LogP contribution is -2.07. The van der Waals surface area contributed by atoms with Gasteiger partial charge in [0.15, 0.2) is 17.3 Å². The first-order valence-electron chi connectivity index (χ1n) is 7.54. The van der Waals surface area contributed by atoms with Crippen LogP contribution in [0.3, 0.4) is 0 Å². The summed E-state index contributed by atoms with van der Waals surface area (Å²) in [5.41, 5.74) is 0.794. The number of hydrogen-bond acceptors (Lipinski definition) is 6. The zero-order chi connectivity index (χ0) is 18.0. The van der Waals surface area contributed by atoms with E-state index in [9.17, 15) is 4.79 Å². The summed E-state index contributed by atoms with van der Waals surface area (Å²) in [6.07, 6.45) is 0. The highest BCUT2D eigenvalue weighted by Gasteiger charge is 2.18. The maximum Gasteiger partial charge on any atom is 0.235 e. The average Bonchev–Trinajstić information content (AvgIpc) is 2.66. The summed E-state index contributed by atoms with van der Waals surface area (Å²) in [6, 6.07) is 10.3. The third-order valence-electron chi connectivity index (χ3n) is 3.91. The second-order valence-corrected chi connectivity index (χ2v) is 5.23. The highest BCUT2D eigenvalue weighted by molar-refractivity contribution is 5.83. The van der Waals surface area contributed by atoms with Gasteiger partial charge < -0.3 is 23.4 Å². The summed E-state index contributed by atoms with van der Waals surface area (Å²) in [4.78, 5) is 12.7. The van der Waals surface area contributed by atoms with Gasteiger partial charge in [-0.2, -0.15) is 0 Å². The van der Waals surface area contributed by atoms with Gasteiger partial charge in [0.25, 0.3) is 0 Å². The van der Waals surface area contributed by atoms with Crippen molar-refractivity contribution in [1.82, 2.24) is 0 Å². The Bertz CT molecular complexity index is 974. The molecule has 0 aliphatic carbocycles. The maximum absolute atomic E-state index is 12.7. The van der Waals surface area contributed by atoms with Gasteiger partial charge in [-0.15, -0.1) is 0 Å². The van der Waals surface area contributed by atoms with Crippen LogP contribution in [0.1, 0.15) is 0 Å². The van der Waals surface area contributed by atoms with Crippen molar-refractivity contribution in [2.75, 3.05) is 28.4 Å². The number of benzene rings is 2. The van der Waals surface area contributed by atoms with Crippen LogP contribution >= 0.6 is 0 Å². The van der Waals surface area contributed by atoms with Gasteiger partial charge in [-0.05, 0) is 30.3 Å². The van der Waals surface area contributed by atoms with Gasteiger partial charge >= 0.3 is 0 Å². The average molecular weight is 342 g/mol. The molecule has 0 aliphatic rings. The van der Waals surface area contributed by atoms with Crippen molar-refractivity contribution in [2.24, 2.45) is 0 Å². The number of rotatable bonds is 5. The molecule has 6 heteroatoms. The number of methoxy groups -OCH3 is 4. The Morgan fingerprint density at radius 3 is 2.20 bits per heavy atom. The Kier molecular flexibility index (Phi) is 4.52. The molecular formula is C19H18O6. The Balaban J connectivity index is 2.29. The molecule has 0 fully saturated rings. The summed E-state index contributed by atoms with van der Waals surface area (Å²) in [5.74, 6) is 2.14. The molecule has 3 aromatic rings. The topological polar surface area (TPSA) is 67.1 Å². The number of hydrogen-bond donors (Lipinski definition) is 0. The fourth-order valence-electron chi connectivity index (χ4n) is 2.64. The van der Waals surface area contributed by atoms with E-state index in [1.807, 2.05) is 0 Å². The standard InChI is InChI=1S/C19H18O6/c1-21-12-6-7-13-15(10-12)25-18(19(24-4)17(13)20)11-5-8-14(22-2)16(9-11)23-3/h5-10H,1-4H3. The molecular weight excluding hydrogens is 324 g/mol. The predicted molar refractivity (Wildman–Crippen MR) is 94.1 cm³/mol. The largest absolute Gasteiger partial charge is 0.497 e. The third-order valence-corrected chi connectivity index (χ3v) is 3.91. The third kappa shape index (κ3) is 2.87. The zero-order valence-electron chi connectivity index (χ0n) is 14.4. The molecule has 1 aromatic heterocycles. The van der Waals surface area contributed by atoms with Crippen LogP contribution in [0.5, 0.6) is 23.0 Å². The second kappa shape index (κ2) is 6.76. The van der Waals surface area contributed by atoms with E-state index >= 15 is 0 Å². The Hall–Kier alpha value is -3.15. The summed E-state index contributed by atoms with van der Waals surface area (Å²) in [5, 5.41) is 0.418. The molecule has 2 aromatic carbocycles. The van der Waals surface area contributed by atoms with Crippen molar-refractivity contribution < 1.29 is 23.4 Å². The van der Waals surface area contributed by atoms with Crippen LogP contribution in [0, 0.1) is 0 Å². The summed E-state index contributed by atoms with van der Waals surface area (Å²) in [7, 11) is 6.09. The van der Waals surface area contributed by atoms with Crippen LogP contribution in [0.4, 0.5) is 0 Å². The van der Waals surface area contributed by atoms with Crippen LogP contribution in [0.15, 0.2) is 45.6 Å². The first-order valence-corrected chi connectivity index (χ1v) is 7.54. The van der Waals surface area contributed by atoms with Gasteiger partial charge in [-0.1, -0.05) is 0 Å². The minimum Gasteiger partial charge on any atom is -0.497 e. The zero-order valence-corrected chi connectivity index (χ0v) is 14.4. The molecule has 0 N–H and O–H groups in total. The Morgan fingerprint density at radius 2 is 1.56 bits per heavy atom. The lowest BCUT2D eigenvalue weighted by Gasteiger charge is -2.12. The number of fused-ring (bicyclic) bond motifs is 1. The molecule has 1 heterocycles. The fourth-order valence-corrected chi connectivity index (χ4v) is 2.64. The van der Waals surface area contributed by atoms with Gasteiger partial charge in [0.2, 0.25) is 11.2 Å². The molecule has 0 bridgehead atoms. The minimum atomic E-state index is -0.254. The Morgan fingerprint density at radius 1 is 0.800 bits per heavy atom. The van der Waals surface area contributed by atoms with E-state index in [1.165, 1.54) is 7.11 Å². The quantitative estimate of drug-likeness (QED) is 0.707.